The molecule has 1 saturated heterocycles. The third kappa shape index (κ3) is 4.94. The fourth-order valence-corrected chi connectivity index (χ4v) is 3.47. The second-order valence-electron chi connectivity index (χ2n) is 7.01. The number of methoxy groups -OCH3 is 1. The molecule has 0 saturated carbocycles. The molecule has 0 bridgehead atoms. The van der Waals surface area contributed by atoms with E-state index >= 15 is 0 Å². The van der Waals surface area contributed by atoms with Gasteiger partial charge in [0.15, 0.2) is 0 Å². The van der Waals surface area contributed by atoms with Crippen LogP contribution < -0.4 is 15.0 Å². The summed E-state index contributed by atoms with van der Waals surface area (Å²) < 4.78 is 5.46. The lowest BCUT2D eigenvalue weighted by Gasteiger charge is -2.36. The standard InChI is InChI=1S/C22H30N4O2/c1-3-4-7-11-23-18-10-12-24-19(17-18)22(27)26-15-13-25(14-16-26)20-8-5-6-9-21(20)28-2/h5-6,8-10,12,17H,3-4,7,11,13-16H2,1-2H3,(H,23,24). The van der Waals surface area contributed by atoms with Crippen LogP contribution in [0.25, 0.3) is 0 Å². The first-order valence-corrected chi connectivity index (χ1v) is 10.1. The van der Waals surface area contributed by atoms with Crippen molar-refractivity contribution in [3.8, 4) is 5.75 Å². The number of hydrogen-bond acceptors (Lipinski definition) is 5. The highest BCUT2D eigenvalue weighted by Gasteiger charge is 2.24. The van der Waals surface area contributed by atoms with E-state index in [9.17, 15) is 4.79 Å². The van der Waals surface area contributed by atoms with Crippen LogP contribution in [0.1, 0.15) is 36.7 Å². The first-order valence-electron chi connectivity index (χ1n) is 10.1. The quantitative estimate of drug-likeness (QED) is 0.706. The van der Waals surface area contributed by atoms with Gasteiger partial charge in [-0.3, -0.25) is 9.78 Å². The summed E-state index contributed by atoms with van der Waals surface area (Å²) in [7, 11) is 1.69. The van der Waals surface area contributed by atoms with Gasteiger partial charge in [-0.05, 0) is 30.7 Å². The molecule has 150 valence electrons. The summed E-state index contributed by atoms with van der Waals surface area (Å²) in [5.41, 5.74) is 2.54. The van der Waals surface area contributed by atoms with Crippen LogP contribution in [0.3, 0.4) is 0 Å². The van der Waals surface area contributed by atoms with E-state index in [1.165, 1.54) is 12.8 Å². The minimum Gasteiger partial charge on any atom is -0.495 e. The predicted octanol–water partition coefficient (Wildman–Crippen LogP) is 3.65. The van der Waals surface area contributed by atoms with Crippen LogP contribution in [-0.4, -0.2) is 55.6 Å². The van der Waals surface area contributed by atoms with Crippen LogP contribution in [0.4, 0.5) is 11.4 Å². The van der Waals surface area contributed by atoms with Crippen LogP contribution in [-0.2, 0) is 0 Å². The molecule has 2 heterocycles. The van der Waals surface area contributed by atoms with Crippen molar-refractivity contribution in [1.82, 2.24) is 9.88 Å². The number of pyridine rings is 1. The van der Waals surface area contributed by atoms with Crippen LogP contribution in [0, 0.1) is 0 Å². The third-order valence-corrected chi connectivity index (χ3v) is 5.08. The van der Waals surface area contributed by atoms with E-state index in [2.05, 4.69) is 28.2 Å². The number of piperazine rings is 1. The zero-order chi connectivity index (χ0) is 19.8. The van der Waals surface area contributed by atoms with Gasteiger partial charge >= 0.3 is 0 Å². The number of para-hydroxylation sites is 2. The minimum atomic E-state index is -0.00288. The van der Waals surface area contributed by atoms with Gasteiger partial charge in [-0.1, -0.05) is 31.9 Å². The number of nitrogens with zero attached hydrogens (tertiary/aromatic N) is 3. The summed E-state index contributed by atoms with van der Waals surface area (Å²) in [6.07, 6.45) is 5.25. The Balaban J connectivity index is 1.58. The van der Waals surface area contributed by atoms with Gasteiger partial charge in [-0.15, -0.1) is 0 Å². The molecular weight excluding hydrogens is 352 g/mol. The Morgan fingerprint density at radius 2 is 1.93 bits per heavy atom. The van der Waals surface area contributed by atoms with E-state index in [0.717, 1.165) is 43.2 Å². The fraction of sp³-hybridized carbons (Fsp3) is 0.455. The summed E-state index contributed by atoms with van der Waals surface area (Å²) in [6, 6.07) is 11.8. The Morgan fingerprint density at radius 3 is 2.68 bits per heavy atom. The fourth-order valence-electron chi connectivity index (χ4n) is 3.47. The molecule has 0 radical (unpaired) electrons. The lowest BCUT2D eigenvalue weighted by Crippen LogP contribution is -2.49. The molecule has 1 aliphatic rings. The molecule has 1 amide bonds. The zero-order valence-corrected chi connectivity index (χ0v) is 16.9. The van der Waals surface area contributed by atoms with E-state index in [1.807, 2.05) is 35.2 Å². The van der Waals surface area contributed by atoms with Crippen molar-refractivity contribution >= 4 is 17.3 Å². The van der Waals surface area contributed by atoms with E-state index in [4.69, 9.17) is 4.74 Å². The molecule has 1 aromatic carbocycles. The smallest absolute Gasteiger partial charge is 0.272 e. The summed E-state index contributed by atoms with van der Waals surface area (Å²) in [6.45, 7) is 6.02. The second-order valence-corrected chi connectivity index (χ2v) is 7.01. The topological polar surface area (TPSA) is 57.7 Å². The van der Waals surface area contributed by atoms with Crippen molar-refractivity contribution in [3.63, 3.8) is 0 Å². The highest BCUT2D eigenvalue weighted by atomic mass is 16.5. The number of benzene rings is 1. The number of nitrogens with one attached hydrogen (secondary N) is 1. The third-order valence-electron chi connectivity index (χ3n) is 5.08. The summed E-state index contributed by atoms with van der Waals surface area (Å²) in [5.74, 6) is 0.864. The summed E-state index contributed by atoms with van der Waals surface area (Å²) >= 11 is 0. The number of aromatic nitrogens is 1. The molecule has 3 rings (SSSR count). The van der Waals surface area contributed by atoms with Gasteiger partial charge in [0, 0.05) is 44.6 Å². The maximum absolute atomic E-state index is 12.9. The number of carbonyl (C=O) groups is 1. The van der Waals surface area contributed by atoms with Gasteiger partial charge in [-0.25, -0.2) is 0 Å². The number of anilines is 2. The van der Waals surface area contributed by atoms with Gasteiger partial charge in [0.05, 0.1) is 12.8 Å². The SMILES string of the molecule is CCCCCNc1ccnc(C(=O)N2CCN(c3ccccc3OC)CC2)c1. The molecule has 0 aliphatic carbocycles. The first-order chi connectivity index (χ1) is 13.7. The number of amides is 1. The molecule has 1 fully saturated rings. The van der Waals surface area contributed by atoms with Crippen LogP contribution in [0.2, 0.25) is 0 Å². The lowest BCUT2D eigenvalue weighted by molar-refractivity contribution is 0.0741. The number of carbonyl (C=O) groups excluding carboxylic acids is 1. The number of ether oxygens (including phenoxy) is 1. The second kappa shape index (κ2) is 9.97. The molecule has 1 aromatic heterocycles. The Labute approximate surface area is 167 Å². The Kier molecular flexibility index (Phi) is 7.12. The largest absolute Gasteiger partial charge is 0.495 e. The van der Waals surface area contributed by atoms with E-state index in [0.29, 0.717) is 18.8 Å². The average Bonchev–Trinajstić information content (AvgIpc) is 2.76. The summed E-state index contributed by atoms with van der Waals surface area (Å²) in [4.78, 5) is 21.3. The zero-order valence-electron chi connectivity index (χ0n) is 16.9. The van der Waals surface area contributed by atoms with Gasteiger partial charge in [0.2, 0.25) is 0 Å². The Bertz CT molecular complexity index is 773. The van der Waals surface area contributed by atoms with Crippen LogP contribution in [0.15, 0.2) is 42.6 Å². The first kappa shape index (κ1) is 20.0. The highest BCUT2D eigenvalue weighted by Crippen LogP contribution is 2.28. The van der Waals surface area contributed by atoms with Crippen molar-refractivity contribution in [3.05, 3.63) is 48.3 Å². The van der Waals surface area contributed by atoms with E-state index in [1.54, 1.807) is 13.3 Å². The van der Waals surface area contributed by atoms with Crippen LogP contribution in [0.5, 0.6) is 5.75 Å². The highest BCUT2D eigenvalue weighted by molar-refractivity contribution is 5.93. The summed E-state index contributed by atoms with van der Waals surface area (Å²) in [5, 5.41) is 3.39. The molecule has 0 spiro atoms. The van der Waals surface area contributed by atoms with Crippen molar-refractivity contribution in [1.29, 1.82) is 0 Å². The Morgan fingerprint density at radius 1 is 1.14 bits per heavy atom. The number of unbranched alkanes of at least 4 members (excludes halogenated alkanes) is 2. The number of rotatable bonds is 8. The molecule has 6 nitrogen and oxygen atoms in total. The van der Waals surface area contributed by atoms with Gasteiger partial charge < -0.3 is 19.9 Å². The molecule has 28 heavy (non-hydrogen) atoms. The van der Waals surface area contributed by atoms with E-state index in [-0.39, 0.29) is 5.91 Å². The van der Waals surface area contributed by atoms with Crippen molar-refractivity contribution < 1.29 is 9.53 Å². The van der Waals surface area contributed by atoms with Gasteiger partial charge in [-0.2, -0.15) is 0 Å². The molecule has 1 aliphatic heterocycles. The average molecular weight is 383 g/mol. The predicted molar refractivity (Wildman–Crippen MR) is 113 cm³/mol. The number of hydrogen-bond donors (Lipinski definition) is 1. The molecular formula is C22H30N4O2. The van der Waals surface area contributed by atoms with Crippen molar-refractivity contribution in [2.75, 3.05) is 50.1 Å². The van der Waals surface area contributed by atoms with E-state index < -0.39 is 0 Å². The molecule has 0 unspecified atom stereocenters. The normalized spacial score (nSPS) is 14.1. The molecule has 1 N–H and O–H groups in total. The van der Waals surface area contributed by atoms with Gasteiger partial charge in [0.1, 0.15) is 11.4 Å². The van der Waals surface area contributed by atoms with Gasteiger partial charge in [0.25, 0.3) is 5.91 Å². The molecule has 6 heteroatoms. The van der Waals surface area contributed by atoms with Crippen molar-refractivity contribution in [2.45, 2.75) is 26.2 Å². The Hall–Kier alpha value is -2.76. The molecule has 2 aromatic rings. The lowest BCUT2D eigenvalue weighted by atomic mass is 10.2. The molecule has 0 atom stereocenters. The monoisotopic (exact) mass is 382 g/mol. The maximum atomic E-state index is 12.9. The maximum Gasteiger partial charge on any atom is 0.272 e. The minimum absolute atomic E-state index is 0.00288. The van der Waals surface area contributed by atoms with Crippen molar-refractivity contribution in [2.24, 2.45) is 0 Å². The van der Waals surface area contributed by atoms with Crippen LogP contribution >= 0.6 is 0 Å².